The van der Waals surface area contributed by atoms with Gasteiger partial charge in [0.25, 0.3) is 0 Å². The Morgan fingerprint density at radius 3 is 2.46 bits per heavy atom. The van der Waals surface area contributed by atoms with Crippen LogP contribution in [0.4, 0.5) is 4.79 Å². The molecule has 2 N–H and O–H groups in total. The van der Waals surface area contributed by atoms with Crippen LogP contribution in [0.3, 0.4) is 0 Å². The van der Waals surface area contributed by atoms with Crippen LogP contribution in [0.25, 0.3) is 0 Å². The first kappa shape index (κ1) is 30.5. The second kappa shape index (κ2) is 13.2. The van der Waals surface area contributed by atoms with Gasteiger partial charge in [-0.15, -0.1) is 13.2 Å². The second-order valence-electron chi connectivity index (χ2n) is 11.1. The molecule has 0 aromatic heterocycles. The standard InChI is InChI=1S/C28H44N2O7/c1-7-10-11-12-13-14-21(29-26(35)37-27(4,5)6)24(33)30-18-20(31)15-22(30)23(32)17-28(16-19(28)8-2)25(34)36-9-3/h7-8,19-22,31H,1-2,9-18H2,3-6H3,(H,29,35)/t19-,20+,21+,22+,28-/m1/s1. The molecule has 0 unspecified atom stereocenters. The number of esters is 1. The highest BCUT2D eigenvalue weighted by Gasteiger charge is 2.61. The van der Waals surface area contributed by atoms with Crippen LogP contribution in [0.5, 0.6) is 0 Å². The number of rotatable bonds is 14. The molecule has 1 saturated carbocycles. The normalized spacial score (nSPS) is 25.6. The number of nitrogens with one attached hydrogen (secondary N) is 1. The SMILES string of the molecule is C=CCCCCC[C@H](NC(=O)OC(C)(C)C)C(=O)N1C[C@@H](O)C[C@H]1C(=O)C[C@]1(C(=O)OCC)C[C@H]1C=C. The first-order chi connectivity index (χ1) is 17.4. The summed E-state index contributed by atoms with van der Waals surface area (Å²) >= 11 is 0. The van der Waals surface area contributed by atoms with Gasteiger partial charge < -0.3 is 24.8 Å². The summed E-state index contributed by atoms with van der Waals surface area (Å²) in [6.45, 7) is 14.6. The Bertz CT molecular complexity index is 865. The van der Waals surface area contributed by atoms with Crippen molar-refractivity contribution in [2.24, 2.45) is 11.3 Å². The number of aliphatic hydroxyl groups excluding tert-OH is 1. The summed E-state index contributed by atoms with van der Waals surface area (Å²) in [5.41, 5.74) is -1.70. The van der Waals surface area contributed by atoms with Crippen molar-refractivity contribution in [3.05, 3.63) is 25.3 Å². The van der Waals surface area contributed by atoms with Crippen molar-refractivity contribution in [2.45, 2.75) is 103 Å². The molecule has 2 amide bonds. The van der Waals surface area contributed by atoms with Gasteiger partial charge in [0.2, 0.25) is 5.91 Å². The van der Waals surface area contributed by atoms with Crippen LogP contribution >= 0.6 is 0 Å². The highest BCUT2D eigenvalue weighted by molar-refractivity contribution is 5.96. The number of ether oxygens (including phenoxy) is 2. The van der Waals surface area contributed by atoms with Gasteiger partial charge in [-0.1, -0.05) is 25.0 Å². The summed E-state index contributed by atoms with van der Waals surface area (Å²) in [6.07, 6.45) is 6.05. The molecule has 9 heteroatoms. The molecule has 0 aromatic rings. The molecule has 1 aliphatic heterocycles. The Morgan fingerprint density at radius 2 is 1.89 bits per heavy atom. The van der Waals surface area contributed by atoms with Crippen molar-refractivity contribution in [1.82, 2.24) is 10.2 Å². The number of amides is 2. The molecule has 2 rings (SSSR count). The zero-order valence-electron chi connectivity index (χ0n) is 22.8. The molecule has 0 radical (unpaired) electrons. The van der Waals surface area contributed by atoms with Crippen LogP contribution in [0, 0.1) is 11.3 Å². The molecule has 1 saturated heterocycles. The van der Waals surface area contributed by atoms with E-state index in [9.17, 15) is 24.3 Å². The number of ketones is 1. The van der Waals surface area contributed by atoms with Crippen LogP contribution in [0.2, 0.25) is 0 Å². The van der Waals surface area contributed by atoms with Crippen molar-refractivity contribution >= 4 is 23.8 Å². The average molecular weight is 521 g/mol. The lowest BCUT2D eigenvalue weighted by Crippen LogP contribution is -2.52. The fourth-order valence-corrected chi connectivity index (χ4v) is 4.94. The van der Waals surface area contributed by atoms with Crippen LogP contribution < -0.4 is 5.32 Å². The highest BCUT2D eigenvalue weighted by Crippen LogP contribution is 2.57. The van der Waals surface area contributed by atoms with Crippen LogP contribution in [-0.2, 0) is 23.9 Å². The topological polar surface area (TPSA) is 122 Å². The Labute approximate surface area is 220 Å². The number of hydrogen-bond acceptors (Lipinski definition) is 7. The van der Waals surface area contributed by atoms with Gasteiger partial charge in [-0.05, 0) is 59.3 Å². The van der Waals surface area contributed by atoms with E-state index in [-0.39, 0.29) is 37.7 Å². The van der Waals surface area contributed by atoms with Gasteiger partial charge in [0.1, 0.15) is 11.6 Å². The molecule has 9 nitrogen and oxygen atoms in total. The molecule has 0 bridgehead atoms. The zero-order valence-corrected chi connectivity index (χ0v) is 22.8. The predicted octanol–water partition coefficient (Wildman–Crippen LogP) is 3.69. The molecule has 0 spiro atoms. The van der Waals surface area contributed by atoms with E-state index in [2.05, 4.69) is 18.5 Å². The Morgan fingerprint density at radius 1 is 1.19 bits per heavy atom. The molecular weight excluding hydrogens is 476 g/mol. The number of likely N-dealkylation sites (tertiary alicyclic amines) is 1. The largest absolute Gasteiger partial charge is 0.466 e. The lowest BCUT2D eigenvalue weighted by molar-refractivity contribution is -0.152. The van der Waals surface area contributed by atoms with Crippen molar-refractivity contribution in [3.63, 3.8) is 0 Å². The van der Waals surface area contributed by atoms with E-state index in [1.807, 2.05) is 6.08 Å². The first-order valence-electron chi connectivity index (χ1n) is 13.3. The van der Waals surface area contributed by atoms with Gasteiger partial charge in [0.15, 0.2) is 5.78 Å². The molecule has 2 aliphatic rings. The van der Waals surface area contributed by atoms with Crippen LogP contribution in [0.15, 0.2) is 25.3 Å². The van der Waals surface area contributed by atoms with Crippen LogP contribution in [0.1, 0.15) is 79.1 Å². The van der Waals surface area contributed by atoms with Gasteiger partial charge in [0, 0.05) is 19.4 Å². The van der Waals surface area contributed by atoms with E-state index in [1.165, 1.54) is 4.90 Å². The number of carbonyl (C=O) groups excluding carboxylic acids is 4. The summed E-state index contributed by atoms with van der Waals surface area (Å²) in [5, 5.41) is 13.1. The number of alkyl carbamates (subject to hydrolysis) is 1. The van der Waals surface area contributed by atoms with Gasteiger partial charge in [0.05, 0.1) is 24.2 Å². The summed E-state index contributed by atoms with van der Waals surface area (Å²) in [4.78, 5) is 53.6. The first-order valence-corrected chi connectivity index (χ1v) is 13.3. The molecule has 208 valence electrons. The smallest absolute Gasteiger partial charge is 0.408 e. The quantitative estimate of drug-likeness (QED) is 0.203. The van der Waals surface area contributed by atoms with E-state index in [1.54, 1.807) is 33.8 Å². The highest BCUT2D eigenvalue weighted by atomic mass is 16.6. The molecule has 0 aromatic carbocycles. The number of carbonyl (C=O) groups is 4. The number of β-amino-alcohol motifs (C(OH)–C–C–N with tert-alkyl or cyclic N) is 1. The summed E-state index contributed by atoms with van der Waals surface area (Å²) in [6, 6.07) is -1.79. The summed E-state index contributed by atoms with van der Waals surface area (Å²) < 4.78 is 10.6. The van der Waals surface area contributed by atoms with Gasteiger partial charge in [-0.25, -0.2) is 4.79 Å². The Kier molecular flexibility index (Phi) is 10.9. The third-order valence-electron chi connectivity index (χ3n) is 6.91. The summed E-state index contributed by atoms with van der Waals surface area (Å²) in [7, 11) is 0. The number of aliphatic hydroxyl groups is 1. The average Bonchev–Trinajstić information content (AvgIpc) is 3.39. The number of unbranched alkanes of at least 4 members (excludes halogenated alkanes) is 3. The van der Waals surface area contributed by atoms with E-state index in [4.69, 9.17) is 9.47 Å². The van der Waals surface area contributed by atoms with Gasteiger partial charge in [-0.2, -0.15) is 0 Å². The summed E-state index contributed by atoms with van der Waals surface area (Å²) in [5.74, 6) is -1.34. The Hall–Kier alpha value is -2.68. The maximum absolute atomic E-state index is 13.6. The van der Waals surface area contributed by atoms with Crippen molar-refractivity contribution in [1.29, 1.82) is 0 Å². The van der Waals surface area contributed by atoms with Crippen molar-refractivity contribution in [3.8, 4) is 0 Å². The van der Waals surface area contributed by atoms with Gasteiger partial charge in [-0.3, -0.25) is 14.4 Å². The number of nitrogens with zero attached hydrogens (tertiary/aromatic N) is 1. The molecule has 1 aliphatic carbocycles. The fourth-order valence-electron chi connectivity index (χ4n) is 4.94. The maximum Gasteiger partial charge on any atom is 0.408 e. The molecular formula is C28H44N2O7. The van der Waals surface area contributed by atoms with Gasteiger partial charge >= 0.3 is 12.1 Å². The van der Waals surface area contributed by atoms with E-state index >= 15 is 0 Å². The lowest BCUT2D eigenvalue weighted by Gasteiger charge is -2.30. The molecule has 2 fully saturated rings. The van der Waals surface area contributed by atoms with E-state index < -0.39 is 47.2 Å². The minimum Gasteiger partial charge on any atom is -0.466 e. The van der Waals surface area contributed by atoms with Crippen molar-refractivity contribution < 1.29 is 33.8 Å². The minimum absolute atomic E-state index is 0.0184. The minimum atomic E-state index is -0.962. The predicted molar refractivity (Wildman–Crippen MR) is 140 cm³/mol. The third kappa shape index (κ3) is 8.42. The molecule has 1 heterocycles. The third-order valence-corrected chi connectivity index (χ3v) is 6.91. The lowest BCUT2D eigenvalue weighted by atomic mass is 9.92. The number of allylic oxidation sites excluding steroid dienone is 2. The second-order valence-corrected chi connectivity index (χ2v) is 11.1. The van der Waals surface area contributed by atoms with Crippen LogP contribution in [-0.4, -0.2) is 70.7 Å². The van der Waals surface area contributed by atoms with E-state index in [0.717, 1.165) is 19.3 Å². The van der Waals surface area contributed by atoms with E-state index in [0.29, 0.717) is 19.3 Å². The Balaban J connectivity index is 2.17. The maximum atomic E-state index is 13.6. The molecule has 5 atom stereocenters. The fraction of sp³-hybridized carbons (Fsp3) is 0.714. The van der Waals surface area contributed by atoms with Crippen molar-refractivity contribution in [2.75, 3.05) is 13.2 Å². The molecule has 37 heavy (non-hydrogen) atoms. The number of Topliss-reactive ketones (excluding diaryl/α,β-unsaturated/α-hetero) is 1. The monoisotopic (exact) mass is 520 g/mol. The number of hydrogen-bond donors (Lipinski definition) is 2. The zero-order chi connectivity index (χ0) is 27.8.